The zero-order valence-electron chi connectivity index (χ0n) is 9.85. The van der Waals surface area contributed by atoms with E-state index in [0.29, 0.717) is 12.1 Å². The van der Waals surface area contributed by atoms with Gasteiger partial charge in [0.05, 0.1) is 11.6 Å². The van der Waals surface area contributed by atoms with E-state index in [-0.39, 0.29) is 5.82 Å². The Labute approximate surface area is 107 Å². The van der Waals surface area contributed by atoms with Crippen LogP contribution < -0.4 is 0 Å². The van der Waals surface area contributed by atoms with Gasteiger partial charge in [-0.3, -0.25) is 0 Å². The summed E-state index contributed by atoms with van der Waals surface area (Å²) in [5, 5.41) is 8.67. The molecule has 0 N–H and O–H groups in total. The molecule has 3 nitrogen and oxygen atoms in total. The van der Waals surface area contributed by atoms with Crippen LogP contribution >= 0.6 is 0 Å². The second kappa shape index (κ2) is 5.14. The van der Waals surface area contributed by atoms with Crippen molar-refractivity contribution in [2.45, 2.75) is 19.1 Å². The fraction of sp³-hybridized carbons (Fsp3) is 0.231. The first-order valence-electron chi connectivity index (χ1n) is 5.54. The second-order valence-electron chi connectivity index (χ2n) is 4.07. The largest absolute Gasteiger partial charge is 0.396 e. The highest BCUT2D eigenvalue weighted by Gasteiger charge is 2.29. The van der Waals surface area contributed by atoms with Crippen LogP contribution in [-0.2, 0) is 13.0 Å². The molecule has 2 rings (SSSR count). The van der Waals surface area contributed by atoms with E-state index in [1.807, 2.05) is 6.07 Å². The van der Waals surface area contributed by atoms with Gasteiger partial charge in [0.1, 0.15) is 12.2 Å². The minimum atomic E-state index is -4.27. The smallest absolute Gasteiger partial charge is 0.330 e. The number of aromatic nitrogens is 2. The van der Waals surface area contributed by atoms with Gasteiger partial charge in [0, 0.05) is 18.9 Å². The molecule has 2 aromatic rings. The van der Waals surface area contributed by atoms with Crippen LogP contribution in [0.5, 0.6) is 0 Å². The number of halogens is 3. The average molecular weight is 265 g/mol. The van der Waals surface area contributed by atoms with E-state index in [1.54, 1.807) is 24.3 Å². The van der Waals surface area contributed by atoms with Crippen molar-refractivity contribution in [1.82, 2.24) is 9.55 Å². The Morgan fingerprint density at radius 2 is 1.89 bits per heavy atom. The number of nitrogens with zero attached hydrogens (tertiary/aromatic N) is 3. The summed E-state index contributed by atoms with van der Waals surface area (Å²) < 4.78 is 38.5. The minimum absolute atomic E-state index is 0.0168. The van der Waals surface area contributed by atoms with Crippen molar-refractivity contribution in [3.63, 3.8) is 0 Å². The second-order valence-corrected chi connectivity index (χ2v) is 4.07. The lowest BCUT2D eigenvalue weighted by Crippen LogP contribution is -2.16. The predicted molar refractivity (Wildman–Crippen MR) is 62.2 cm³/mol. The summed E-state index contributed by atoms with van der Waals surface area (Å²) in [6.45, 7) is 0.303. The normalized spacial score (nSPS) is 11.3. The number of imidazole rings is 1. The highest BCUT2D eigenvalue weighted by atomic mass is 19.4. The fourth-order valence-corrected chi connectivity index (χ4v) is 1.71. The summed E-state index contributed by atoms with van der Waals surface area (Å²) in [7, 11) is 0. The molecule has 0 aliphatic rings. The maximum absolute atomic E-state index is 12.3. The summed E-state index contributed by atoms with van der Waals surface area (Å²) in [5.41, 5.74) is 1.34. The van der Waals surface area contributed by atoms with Gasteiger partial charge in [0.25, 0.3) is 0 Å². The molecule has 1 aromatic carbocycles. The van der Waals surface area contributed by atoms with E-state index in [4.69, 9.17) is 5.26 Å². The lowest BCUT2D eigenvalue weighted by atomic mass is 10.1. The first kappa shape index (κ1) is 13.1. The number of benzene rings is 1. The van der Waals surface area contributed by atoms with Gasteiger partial charge in [0.15, 0.2) is 0 Å². The Morgan fingerprint density at radius 1 is 1.21 bits per heavy atom. The van der Waals surface area contributed by atoms with Crippen LogP contribution in [0.3, 0.4) is 0 Å². The molecule has 0 saturated heterocycles. The standard InChI is InChI=1S/C13H10F3N3/c14-13(15,16)7-12-18-5-6-19(12)9-11-3-1-10(8-17)2-4-11/h1-6H,7,9H2. The van der Waals surface area contributed by atoms with E-state index >= 15 is 0 Å². The Kier molecular flexibility index (Phi) is 3.56. The van der Waals surface area contributed by atoms with Crippen LogP contribution in [0.4, 0.5) is 13.2 Å². The molecule has 0 atom stereocenters. The van der Waals surface area contributed by atoms with Crippen molar-refractivity contribution in [1.29, 1.82) is 5.26 Å². The number of nitriles is 1. The number of rotatable bonds is 3. The van der Waals surface area contributed by atoms with Crippen LogP contribution in [0.1, 0.15) is 17.0 Å². The van der Waals surface area contributed by atoms with Crippen molar-refractivity contribution in [3.8, 4) is 6.07 Å². The molecule has 1 aromatic heterocycles. The Bertz CT molecular complexity index is 591. The molecule has 0 unspecified atom stereocenters. The van der Waals surface area contributed by atoms with Gasteiger partial charge < -0.3 is 4.57 Å². The maximum atomic E-state index is 12.3. The zero-order valence-corrected chi connectivity index (χ0v) is 9.85. The third-order valence-corrected chi connectivity index (χ3v) is 2.60. The van der Waals surface area contributed by atoms with Crippen molar-refractivity contribution in [2.24, 2.45) is 0 Å². The van der Waals surface area contributed by atoms with E-state index in [1.165, 1.54) is 17.0 Å². The van der Waals surface area contributed by atoms with Crippen LogP contribution in [0.2, 0.25) is 0 Å². The third-order valence-electron chi connectivity index (χ3n) is 2.60. The maximum Gasteiger partial charge on any atom is 0.396 e. The first-order chi connectivity index (χ1) is 8.98. The molecule has 98 valence electrons. The monoisotopic (exact) mass is 265 g/mol. The molecule has 0 fully saturated rings. The van der Waals surface area contributed by atoms with Gasteiger partial charge >= 0.3 is 6.18 Å². The lowest BCUT2D eigenvalue weighted by molar-refractivity contribution is -0.128. The van der Waals surface area contributed by atoms with E-state index in [2.05, 4.69) is 4.98 Å². The van der Waals surface area contributed by atoms with Gasteiger partial charge in [-0.05, 0) is 17.7 Å². The Morgan fingerprint density at radius 3 is 2.47 bits per heavy atom. The molecule has 1 heterocycles. The highest BCUT2D eigenvalue weighted by Crippen LogP contribution is 2.20. The molecule has 19 heavy (non-hydrogen) atoms. The summed E-state index contributed by atoms with van der Waals surface area (Å²) in [6, 6.07) is 8.69. The van der Waals surface area contributed by atoms with Gasteiger partial charge in [-0.1, -0.05) is 12.1 Å². The van der Waals surface area contributed by atoms with Crippen LogP contribution in [0, 0.1) is 11.3 Å². The molecular formula is C13H10F3N3. The van der Waals surface area contributed by atoms with Crippen molar-refractivity contribution < 1.29 is 13.2 Å². The fourth-order valence-electron chi connectivity index (χ4n) is 1.71. The average Bonchev–Trinajstić information content (AvgIpc) is 2.75. The minimum Gasteiger partial charge on any atom is -0.330 e. The molecule has 6 heteroatoms. The van der Waals surface area contributed by atoms with Gasteiger partial charge in [-0.15, -0.1) is 0 Å². The first-order valence-corrected chi connectivity index (χ1v) is 5.54. The molecule has 0 amide bonds. The highest BCUT2D eigenvalue weighted by molar-refractivity contribution is 5.31. The van der Waals surface area contributed by atoms with E-state index in [0.717, 1.165) is 5.56 Å². The van der Waals surface area contributed by atoms with Crippen LogP contribution in [0.15, 0.2) is 36.7 Å². The van der Waals surface area contributed by atoms with Crippen molar-refractivity contribution in [2.75, 3.05) is 0 Å². The molecule has 0 bridgehead atoms. The van der Waals surface area contributed by atoms with Gasteiger partial charge in [0.2, 0.25) is 0 Å². The molecule has 0 aliphatic carbocycles. The Hall–Kier alpha value is -2.29. The molecule has 0 spiro atoms. The zero-order chi connectivity index (χ0) is 13.9. The summed E-state index contributed by atoms with van der Waals surface area (Å²) >= 11 is 0. The number of alkyl halides is 3. The predicted octanol–water partition coefficient (Wildman–Crippen LogP) is 2.91. The van der Waals surface area contributed by atoms with E-state index < -0.39 is 12.6 Å². The van der Waals surface area contributed by atoms with E-state index in [9.17, 15) is 13.2 Å². The number of hydrogen-bond donors (Lipinski definition) is 0. The summed E-state index contributed by atoms with van der Waals surface area (Å²) in [5.74, 6) is -0.0168. The van der Waals surface area contributed by atoms with Gasteiger partial charge in [-0.25, -0.2) is 4.98 Å². The van der Waals surface area contributed by atoms with Crippen molar-refractivity contribution >= 4 is 0 Å². The molecule has 0 saturated carbocycles. The lowest BCUT2D eigenvalue weighted by Gasteiger charge is -2.10. The molecular weight excluding hydrogens is 255 g/mol. The summed E-state index contributed by atoms with van der Waals surface area (Å²) in [4.78, 5) is 3.72. The number of hydrogen-bond acceptors (Lipinski definition) is 2. The SMILES string of the molecule is N#Cc1ccc(Cn2ccnc2CC(F)(F)F)cc1. The topological polar surface area (TPSA) is 41.6 Å². The summed E-state index contributed by atoms with van der Waals surface area (Å²) in [6.07, 6.45) is -2.45. The van der Waals surface area contributed by atoms with Gasteiger partial charge in [-0.2, -0.15) is 18.4 Å². The quantitative estimate of drug-likeness (QED) is 0.856. The molecule has 0 radical (unpaired) electrons. The molecule has 0 aliphatic heterocycles. The Balaban J connectivity index is 2.15. The van der Waals surface area contributed by atoms with Crippen molar-refractivity contribution in [3.05, 3.63) is 53.6 Å². The van der Waals surface area contributed by atoms with Crippen LogP contribution in [-0.4, -0.2) is 15.7 Å². The third kappa shape index (κ3) is 3.58. The van der Waals surface area contributed by atoms with Crippen LogP contribution in [0.25, 0.3) is 0 Å².